The fourth-order valence-electron chi connectivity index (χ4n) is 4.26. The second-order valence-corrected chi connectivity index (χ2v) is 8.45. The average Bonchev–Trinajstić information content (AvgIpc) is 2.59. The van der Waals surface area contributed by atoms with Crippen molar-refractivity contribution in [3.05, 3.63) is 47.0 Å². The Balaban J connectivity index is 2.24. The molecule has 1 fully saturated rings. The monoisotopic (exact) mass is 356 g/mol. The number of hydrogen-bond acceptors (Lipinski definition) is 4. The summed E-state index contributed by atoms with van der Waals surface area (Å²) in [5.74, 6) is -0.775. The van der Waals surface area contributed by atoms with Crippen molar-refractivity contribution in [1.29, 1.82) is 0 Å². The lowest BCUT2D eigenvalue weighted by Crippen LogP contribution is -2.31. The van der Waals surface area contributed by atoms with Crippen molar-refractivity contribution in [2.24, 2.45) is 0 Å². The molecule has 0 unspecified atom stereocenters. The first-order valence-corrected chi connectivity index (χ1v) is 9.25. The van der Waals surface area contributed by atoms with E-state index in [4.69, 9.17) is 0 Å². The van der Waals surface area contributed by atoms with Crippen molar-refractivity contribution in [2.45, 2.75) is 63.7 Å². The molecule has 4 N–H and O–H groups in total. The second kappa shape index (κ2) is 6.42. The lowest BCUT2D eigenvalue weighted by Gasteiger charge is -2.39. The van der Waals surface area contributed by atoms with E-state index in [0.717, 1.165) is 43.2 Å². The van der Waals surface area contributed by atoms with Gasteiger partial charge in [-0.05, 0) is 41.5 Å². The van der Waals surface area contributed by atoms with E-state index in [1.54, 1.807) is 12.1 Å². The van der Waals surface area contributed by atoms with Gasteiger partial charge in [0.25, 0.3) is 0 Å². The van der Waals surface area contributed by atoms with Gasteiger partial charge in [-0.25, -0.2) is 0 Å². The van der Waals surface area contributed by atoms with E-state index in [1.807, 2.05) is 12.1 Å². The van der Waals surface area contributed by atoms with Crippen molar-refractivity contribution in [3.8, 4) is 23.0 Å². The number of aromatic hydroxyl groups is 4. The Morgan fingerprint density at radius 2 is 1.38 bits per heavy atom. The van der Waals surface area contributed by atoms with Gasteiger partial charge in [-0.2, -0.15) is 0 Å². The lowest BCUT2D eigenvalue weighted by molar-refractivity contribution is 0.318. The smallest absolute Gasteiger partial charge is 0.200 e. The summed E-state index contributed by atoms with van der Waals surface area (Å²) in [6, 6.07) is 8.82. The van der Waals surface area contributed by atoms with Crippen LogP contribution in [0.1, 0.15) is 69.6 Å². The van der Waals surface area contributed by atoms with E-state index in [9.17, 15) is 20.4 Å². The van der Waals surface area contributed by atoms with Gasteiger partial charge < -0.3 is 20.4 Å². The molecule has 1 aliphatic carbocycles. The highest BCUT2D eigenvalue weighted by Crippen LogP contribution is 2.52. The lowest BCUT2D eigenvalue weighted by atomic mass is 9.64. The maximum atomic E-state index is 10.6. The third kappa shape index (κ3) is 2.98. The van der Waals surface area contributed by atoms with Crippen LogP contribution in [0.3, 0.4) is 0 Å². The summed E-state index contributed by atoms with van der Waals surface area (Å²) in [4.78, 5) is 0. The predicted molar refractivity (Wildman–Crippen MR) is 102 cm³/mol. The van der Waals surface area contributed by atoms with Gasteiger partial charge >= 0.3 is 0 Å². The summed E-state index contributed by atoms with van der Waals surface area (Å²) in [5, 5.41) is 40.7. The van der Waals surface area contributed by atoms with Gasteiger partial charge in [0.1, 0.15) is 5.75 Å². The molecule has 2 aromatic carbocycles. The molecule has 3 rings (SSSR count). The Hall–Kier alpha value is -2.36. The van der Waals surface area contributed by atoms with E-state index < -0.39 is 11.2 Å². The molecular weight excluding hydrogens is 328 g/mol. The van der Waals surface area contributed by atoms with Gasteiger partial charge in [0, 0.05) is 11.0 Å². The molecule has 4 heteroatoms. The second-order valence-electron chi connectivity index (χ2n) is 8.45. The zero-order chi connectivity index (χ0) is 19.1. The Kier molecular flexibility index (Phi) is 4.55. The molecule has 0 radical (unpaired) electrons. The Morgan fingerprint density at radius 3 is 2.00 bits per heavy atom. The van der Waals surface area contributed by atoms with E-state index in [0.29, 0.717) is 5.56 Å². The Bertz CT molecular complexity index is 812. The largest absolute Gasteiger partial charge is 0.508 e. The molecule has 0 amide bonds. The standard InChI is InChI=1S/C22H28O4/c1-21(2,3)16-13-14(7-9-17(16)23)22(11-5-4-6-12-22)15-8-10-18(24)20(26)19(15)25/h7-10,13,23-26H,4-6,11-12H2,1-3H3. The highest BCUT2D eigenvalue weighted by atomic mass is 16.3. The molecule has 0 atom stereocenters. The molecule has 0 saturated heterocycles. The zero-order valence-electron chi connectivity index (χ0n) is 15.7. The molecular formula is C22H28O4. The minimum Gasteiger partial charge on any atom is -0.508 e. The molecule has 0 heterocycles. The molecule has 0 bridgehead atoms. The van der Waals surface area contributed by atoms with Crippen LogP contribution in [0.4, 0.5) is 0 Å². The third-order valence-corrected chi connectivity index (χ3v) is 5.71. The molecule has 0 spiro atoms. The Morgan fingerprint density at radius 1 is 0.769 bits per heavy atom. The van der Waals surface area contributed by atoms with Crippen LogP contribution in [0.25, 0.3) is 0 Å². The number of benzene rings is 2. The molecule has 2 aromatic rings. The summed E-state index contributed by atoms with van der Waals surface area (Å²) in [5.41, 5.74) is 1.87. The van der Waals surface area contributed by atoms with Crippen LogP contribution >= 0.6 is 0 Å². The van der Waals surface area contributed by atoms with Crippen molar-refractivity contribution < 1.29 is 20.4 Å². The summed E-state index contributed by atoms with van der Waals surface area (Å²) >= 11 is 0. The molecule has 0 aromatic heterocycles. The predicted octanol–water partition coefficient (Wildman–Crippen LogP) is 5.06. The third-order valence-electron chi connectivity index (χ3n) is 5.71. The maximum absolute atomic E-state index is 10.6. The summed E-state index contributed by atoms with van der Waals surface area (Å²) in [6.45, 7) is 6.18. The first-order valence-electron chi connectivity index (χ1n) is 9.25. The Labute approximate surface area is 154 Å². The number of phenols is 4. The van der Waals surface area contributed by atoms with Gasteiger partial charge in [0.15, 0.2) is 11.5 Å². The average molecular weight is 356 g/mol. The zero-order valence-corrected chi connectivity index (χ0v) is 15.7. The highest BCUT2D eigenvalue weighted by Gasteiger charge is 2.39. The van der Waals surface area contributed by atoms with Crippen LogP contribution in [-0.4, -0.2) is 20.4 Å². The van der Waals surface area contributed by atoms with E-state index in [1.165, 1.54) is 6.07 Å². The quantitative estimate of drug-likeness (QED) is 0.567. The number of hydrogen-bond donors (Lipinski definition) is 4. The topological polar surface area (TPSA) is 80.9 Å². The first kappa shape index (κ1) is 18.4. The van der Waals surface area contributed by atoms with Crippen LogP contribution < -0.4 is 0 Å². The van der Waals surface area contributed by atoms with Gasteiger partial charge in [-0.1, -0.05) is 58.2 Å². The van der Waals surface area contributed by atoms with Crippen molar-refractivity contribution in [3.63, 3.8) is 0 Å². The molecule has 4 nitrogen and oxygen atoms in total. The normalized spacial score (nSPS) is 17.2. The molecule has 140 valence electrons. The fraction of sp³-hybridized carbons (Fsp3) is 0.455. The van der Waals surface area contributed by atoms with Crippen molar-refractivity contribution in [2.75, 3.05) is 0 Å². The van der Waals surface area contributed by atoms with Gasteiger partial charge in [0.2, 0.25) is 5.75 Å². The van der Waals surface area contributed by atoms with Crippen molar-refractivity contribution >= 4 is 0 Å². The van der Waals surface area contributed by atoms with Crippen LogP contribution in [0.2, 0.25) is 0 Å². The summed E-state index contributed by atoms with van der Waals surface area (Å²) in [7, 11) is 0. The molecule has 26 heavy (non-hydrogen) atoms. The summed E-state index contributed by atoms with van der Waals surface area (Å²) in [6.07, 6.45) is 4.87. The van der Waals surface area contributed by atoms with Crippen molar-refractivity contribution in [1.82, 2.24) is 0 Å². The fourth-order valence-corrected chi connectivity index (χ4v) is 4.26. The molecule has 0 aliphatic heterocycles. The van der Waals surface area contributed by atoms with E-state index >= 15 is 0 Å². The highest BCUT2D eigenvalue weighted by molar-refractivity contribution is 5.59. The van der Waals surface area contributed by atoms with Crippen LogP contribution in [0.15, 0.2) is 30.3 Å². The van der Waals surface area contributed by atoms with E-state index in [-0.39, 0.29) is 22.7 Å². The SMILES string of the molecule is CC(C)(C)c1cc(C2(c3ccc(O)c(O)c3O)CCCCC2)ccc1O. The maximum Gasteiger partial charge on any atom is 0.200 e. The van der Waals surface area contributed by atoms with Gasteiger partial charge in [0.05, 0.1) is 0 Å². The van der Waals surface area contributed by atoms with Gasteiger partial charge in [-0.15, -0.1) is 0 Å². The first-order chi connectivity index (χ1) is 12.2. The summed E-state index contributed by atoms with van der Waals surface area (Å²) < 4.78 is 0. The van der Waals surface area contributed by atoms with E-state index in [2.05, 4.69) is 20.8 Å². The number of phenolic OH excluding ortho intramolecular Hbond substituents is 4. The van der Waals surface area contributed by atoms with Crippen LogP contribution in [-0.2, 0) is 10.8 Å². The number of rotatable bonds is 2. The molecule has 1 aliphatic rings. The molecule has 1 saturated carbocycles. The van der Waals surface area contributed by atoms with Gasteiger partial charge in [-0.3, -0.25) is 0 Å². The minimum atomic E-state index is -0.470. The van der Waals surface area contributed by atoms with Crippen LogP contribution in [0, 0.1) is 0 Å². The van der Waals surface area contributed by atoms with Crippen LogP contribution in [0.5, 0.6) is 23.0 Å². The minimum absolute atomic E-state index is 0.213.